The van der Waals surface area contributed by atoms with Crippen LogP contribution in [0.5, 0.6) is 0 Å². The second-order valence-corrected chi connectivity index (χ2v) is 4.17. The monoisotopic (exact) mass is 266 g/mol. The van der Waals surface area contributed by atoms with Crippen molar-refractivity contribution in [2.45, 2.75) is 25.8 Å². The van der Waals surface area contributed by atoms with Crippen molar-refractivity contribution >= 4 is 11.7 Å². The molecule has 1 atom stereocenters. The normalized spacial score (nSPS) is 11.9. The van der Waals surface area contributed by atoms with Gasteiger partial charge in [-0.15, -0.1) is 0 Å². The number of carbonyl (C=O) groups excluding carboxylic acids is 1. The van der Waals surface area contributed by atoms with Crippen molar-refractivity contribution in [3.8, 4) is 0 Å². The van der Waals surface area contributed by atoms with Gasteiger partial charge in [0.15, 0.2) is 0 Å². The highest BCUT2D eigenvalue weighted by atomic mass is 16.6. The van der Waals surface area contributed by atoms with Crippen LogP contribution < -0.4 is 5.32 Å². The van der Waals surface area contributed by atoms with Gasteiger partial charge in [0, 0.05) is 24.1 Å². The molecule has 0 amide bonds. The largest absolute Gasteiger partial charge is 0.469 e. The zero-order valence-electron chi connectivity index (χ0n) is 11.1. The summed E-state index contributed by atoms with van der Waals surface area (Å²) in [6, 6.07) is 6.50. The van der Waals surface area contributed by atoms with Crippen LogP contribution in [0.25, 0.3) is 0 Å². The van der Waals surface area contributed by atoms with Crippen molar-refractivity contribution in [1.82, 2.24) is 5.32 Å². The van der Waals surface area contributed by atoms with Gasteiger partial charge in [-0.05, 0) is 19.9 Å². The van der Waals surface area contributed by atoms with Crippen molar-refractivity contribution in [3.63, 3.8) is 0 Å². The Morgan fingerprint density at radius 2 is 2.16 bits per heavy atom. The van der Waals surface area contributed by atoms with Gasteiger partial charge in [-0.1, -0.05) is 18.2 Å². The fourth-order valence-corrected chi connectivity index (χ4v) is 1.78. The van der Waals surface area contributed by atoms with E-state index in [1.807, 2.05) is 6.92 Å². The maximum Gasteiger partial charge on any atom is 0.305 e. The molecule has 0 saturated carbocycles. The van der Waals surface area contributed by atoms with Gasteiger partial charge < -0.3 is 10.1 Å². The minimum absolute atomic E-state index is 0.107. The summed E-state index contributed by atoms with van der Waals surface area (Å²) < 4.78 is 4.54. The van der Waals surface area contributed by atoms with E-state index in [4.69, 9.17) is 0 Å². The molecule has 0 bridgehead atoms. The van der Waals surface area contributed by atoms with Crippen LogP contribution in [0.15, 0.2) is 24.3 Å². The summed E-state index contributed by atoms with van der Waals surface area (Å²) in [6.07, 6.45) is 0.977. The number of para-hydroxylation sites is 1. The zero-order chi connectivity index (χ0) is 14.3. The first-order valence-electron chi connectivity index (χ1n) is 6.09. The molecule has 1 unspecified atom stereocenters. The predicted octanol–water partition coefficient (Wildman–Crippen LogP) is 2.20. The van der Waals surface area contributed by atoms with Gasteiger partial charge in [-0.2, -0.15) is 0 Å². The molecular formula is C13H18N2O4. The Kier molecular flexibility index (Phi) is 5.95. The van der Waals surface area contributed by atoms with E-state index in [0.717, 1.165) is 0 Å². The van der Waals surface area contributed by atoms with Crippen molar-refractivity contribution in [2.24, 2.45) is 0 Å². The lowest BCUT2D eigenvalue weighted by atomic mass is 10.1. The topological polar surface area (TPSA) is 81.5 Å². The predicted molar refractivity (Wildman–Crippen MR) is 70.8 cm³/mol. The van der Waals surface area contributed by atoms with E-state index >= 15 is 0 Å². The molecule has 104 valence electrons. The number of hydrogen-bond acceptors (Lipinski definition) is 5. The lowest BCUT2D eigenvalue weighted by Gasteiger charge is -2.14. The van der Waals surface area contributed by atoms with E-state index in [1.165, 1.54) is 13.2 Å². The standard InChI is InChI=1S/C13H18N2O4/c1-10(14-9-5-8-13(16)19-2)11-6-3-4-7-12(11)15(17)18/h3-4,6-7,10,14H,5,8-9H2,1-2H3. The third kappa shape index (κ3) is 4.67. The second-order valence-electron chi connectivity index (χ2n) is 4.17. The summed E-state index contributed by atoms with van der Waals surface area (Å²) in [7, 11) is 1.35. The third-order valence-corrected chi connectivity index (χ3v) is 2.84. The Morgan fingerprint density at radius 1 is 1.47 bits per heavy atom. The number of benzene rings is 1. The fourth-order valence-electron chi connectivity index (χ4n) is 1.78. The maximum absolute atomic E-state index is 10.9. The average molecular weight is 266 g/mol. The number of carbonyl (C=O) groups is 1. The molecule has 1 aromatic rings. The van der Waals surface area contributed by atoms with Gasteiger partial charge in [0.1, 0.15) is 0 Å². The molecule has 1 rings (SSSR count). The zero-order valence-corrected chi connectivity index (χ0v) is 11.1. The first kappa shape index (κ1) is 15.1. The number of ether oxygens (including phenoxy) is 1. The van der Waals surface area contributed by atoms with Crippen LogP contribution in [0, 0.1) is 10.1 Å². The number of rotatable bonds is 7. The van der Waals surface area contributed by atoms with Crippen LogP contribution in [-0.2, 0) is 9.53 Å². The van der Waals surface area contributed by atoms with E-state index in [1.54, 1.807) is 18.2 Å². The highest BCUT2D eigenvalue weighted by molar-refractivity contribution is 5.69. The number of nitro benzene ring substituents is 1. The highest BCUT2D eigenvalue weighted by Crippen LogP contribution is 2.24. The molecule has 0 aliphatic rings. The van der Waals surface area contributed by atoms with Crippen molar-refractivity contribution in [2.75, 3.05) is 13.7 Å². The lowest BCUT2D eigenvalue weighted by Crippen LogP contribution is -2.21. The number of hydrogen-bond donors (Lipinski definition) is 1. The molecule has 0 radical (unpaired) electrons. The van der Waals surface area contributed by atoms with Gasteiger partial charge in [0.2, 0.25) is 0 Å². The molecule has 6 heteroatoms. The molecule has 0 heterocycles. The van der Waals surface area contributed by atoms with Gasteiger partial charge in [-0.25, -0.2) is 0 Å². The minimum Gasteiger partial charge on any atom is -0.469 e. The molecule has 0 fully saturated rings. The summed E-state index contributed by atoms with van der Waals surface area (Å²) in [5.41, 5.74) is 0.751. The van der Waals surface area contributed by atoms with Gasteiger partial charge >= 0.3 is 5.97 Å². The Hall–Kier alpha value is -1.95. The molecule has 1 N–H and O–H groups in total. The van der Waals surface area contributed by atoms with Crippen LogP contribution in [0.4, 0.5) is 5.69 Å². The number of nitrogens with one attached hydrogen (secondary N) is 1. The van der Waals surface area contributed by atoms with E-state index in [-0.39, 0.29) is 22.6 Å². The summed E-state index contributed by atoms with van der Waals surface area (Å²) in [6.45, 7) is 2.46. The van der Waals surface area contributed by atoms with E-state index in [2.05, 4.69) is 10.1 Å². The Labute approximate surface area is 111 Å². The molecule has 0 aliphatic carbocycles. The summed E-state index contributed by atoms with van der Waals surface area (Å²) >= 11 is 0. The SMILES string of the molecule is COC(=O)CCCNC(C)c1ccccc1[N+](=O)[O-]. The number of methoxy groups -OCH3 is 1. The molecule has 0 aliphatic heterocycles. The first-order valence-corrected chi connectivity index (χ1v) is 6.09. The lowest BCUT2D eigenvalue weighted by molar-refractivity contribution is -0.385. The number of esters is 1. The fraction of sp³-hybridized carbons (Fsp3) is 0.462. The minimum atomic E-state index is -0.387. The molecule has 0 aromatic heterocycles. The van der Waals surface area contributed by atoms with Gasteiger partial charge in [0.25, 0.3) is 5.69 Å². The van der Waals surface area contributed by atoms with Crippen molar-refractivity contribution in [3.05, 3.63) is 39.9 Å². The van der Waals surface area contributed by atoms with Crippen LogP contribution in [-0.4, -0.2) is 24.5 Å². The molecule has 6 nitrogen and oxygen atoms in total. The van der Waals surface area contributed by atoms with Crippen LogP contribution in [0.1, 0.15) is 31.4 Å². The third-order valence-electron chi connectivity index (χ3n) is 2.84. The maximum atomic E-state index is 10.9. The second kappa shape index (κ2) is 7.48. The van der Waals surface area contributed by atoms with E-state index in [9.17, 15) is 14.9 Å². The molecule has 0 spiro atoms. The number of nitro groups is 1. The molecule has 19 heavy (non-hydrogen) atoms. The van der Waals surface area contributed by atoms with Gasteiger partial charge in [0.05, 0.1) is 12.0 Å². The van der Waals surface area contributed by atoms with Gasteiger partial charge in [-0.3, -0.25) is 14.9 Å². The van der Waals surface area contributed by atoms with Crippen molar-refractivity contribution in [1.29, 1.82) is 0 Å². The molecule has 1 aromatic carbocycles. The van der Waals surface area contributed by atoms with Crippen LogP contribution in [0.3, 0.4) is 0 Å². The summed E-state index contributed by atoms with van der Waals surface area (Å²) in [5.74, 6) is -0.250. The van der Waals surface area contributed by atoms with E-state index in [0.29, 0.717) is 24.9 Å². The molecule has 0 saturated heterocycles. The Balaban J connectivity index is 2.52. The van der Waals surface area contributed by atoms with Crippen molar-refractivity contribution < 1.29 is 14.5 Å². The quantitative estimate of drug-likeness (QED) is 0.354. The summed E-state index contributed by atoms with van der Waals surface area (Å²) in [4.78, 5) is 21.4. The average Bonchev–Trinajstić information content (AvgIpc) is 2.42. The van der Waals surface area contributed by atoms with E-state index < -0.39 is 0 Å². The first-order chi connectivity index (χ1) is 9.06. The van der Waals surface area contributed by atoms with Crippen LogP contribution >= 0.6 is 0 Å². The number of nitrogens with zero attached hydrogens (tertiary/aromatic N) is 1. The Bertz CT molecular complexity index is 448. The summed E-state index contributed by atoms with van der Waals surface area (Å²) in [5, 5.41) is 14.1. The highest BCUT2D eigenvalue weighted by Gasteiger charge is 2.17. The van der Waals surface area contributed by atoms with Crippen LogP contribution in [0.2, 0.25) is 0 Å². The smallest absolute Gasteiger partial charge is 0.305 e. The Morgan fingerprint density at radius 3 is 2.79 bits per heavy atom. The molecular weight excluding hydrogens is 248 g/mol.